The van der Waals surface area contributed by atoms with Crippen molar-refractivity contribution < 1.29 is 23.1 Å². The van der Waals surface area contributed by atoms with E-state index in [2.05, 4.69) is 5.10 Å². The molecule has 0 saturated carbocycles. The van der Waals surface area contributed by atoms with E-state index in [0.717, 1.165) is 10.7 Å². The van der Waals surface area contributed by atoms with Crippen molar-refractivity contribution in [1.29, 1.82) is 0 Å². The standard InChI is InChI=1S/C11H15F3N2O2/c1-6(2)16-9(11(12,13)14)5-8(15-16)4-7(3)10(17)18/h5-7H,4H2,1-3H3,(H,17,18). The van der Waals surface area contributed by atoms with E-state index in [9.17, 15) is 18.0 Å². The van der Waals surface area contributed by atoms with Crippen LogP contribution in [-0.2, 0) is 17.4 Å². The first kappa shape index (κ1) is 14.5. The number of nitrogens with zero attached hydrogens (tertiary/aromatic N) is 2. The molecule has 0 aliphatic carbocycles. The van der Waals surface area contributed by atoms with Gasteiger partial charge < -0.3 is 5.11 Å². The minimum absolute atomic E-state index is 0.0157. The van der Waals surface area contributed by atoms with Crippen LogP contribution in [0.5, 0.6) is 0 Å². The van der Waals surface area contributed by atoms with Crippen molar-refractivity contribution in [3.05, 3.63) is 17.5 Å². The fourth-order valence-electron chi connectivity index (χ4n) is 1.55. The molecule has 0 bridgehead atoms. The van der Waals surface area contributed by atoms with E-state index in [1.54, 1.807) is 13.8 Å². The molecule has 1 heterocycles. The lowest BCUT2D eigenvalue weighted by Gasteiger charge is -2.12. The fourth-order valence-corrected chi connectivity index (χ4v) is 1.55. The number of hydrogen-bond donors (Lipinski definition) is 1. The third-order valence-corrected chi connectivity index (χ3v) is 2.50. The average Bonchev–Trinajstić information content (AvgIpc) is 2.60. The minimum Gasteiger partial charge on any atom is -0.481 e. The Balaban J connectivity index is 3.07. The van der Waals surface area contributed by atoms with Gasteiger partial charge in [0.05, 0.1) is 11.6 Å². The molecule has 1 atom stereocenters. The van der Waals surface area contributed by atoms with Crippen molar-refractivity contribution in [3.63, 3.8) is 0 Å². The summed E-state index contributed by atoms with van der Waals surface area (Å²) in [5, 5.41) is 12.6. The Labute approximate surface area is 102 Å². The van der Waals surface area contributed by atoms with Crippen molar-refractivity contribution in [1.82, 2.24) is 9.78 Å². The molecular formula is C11H15F3N2O2. The van der Waals surface area contributed by atoms with Crippen LogP contribution in [0.1, 0.15) is 38.2 Å². The summed E-state index contributed by atoms with van der Waals surface area (Å²) in [6.07, 6.45) is -4.50. The molecule has 0 aromatic carbocycles. The molecule has 0 saturated heterocycles. The number of carbonyl (C=O) groups is 1. The van der Waals surface area contributed by atoms with Gasteiger partial charge in [-0.05, 0) is 19.9 Å². The Hall–Kier alpha value is -1.53. The summed E-state index contributed by atoms with van der Waals surface area (Å²) in [7, 11) is 0. The zero-order valence-electron chi connectivity index (χ0n) is 10.3. The van der Waals surface area contributed by atoms with Crippen LogP contribution in [-0.4, -0.2) is 20.9 Å². The van der Waals surface area contributed by atoms with Crippen LogP contribution in [0.4, 0.5) is 13.2 Å². The summed E-state index contributed by atoms with van der Waals surface area (Å²) in [4.78, 5) is 10.7. The van der Waals surface area contributed by atoms with Crippen LogP contribution in [0, 0.1) is 5.92 Å². The predicted octanol–water partition coefficient (Wildman–Crippen LogP) is 2.75. The van der Waals surface area contributed by atoms with Crippen LogP contribution in [0.15, 0.2) is 6.07 Å². The molecular weight excluding hydrogens is 249 g/mol. The number of alkyl halides is 3. The van der Waals surface area contributed by atoms with Crippen LogP contribution >= 0.6 is 0 Å². The summed E-state index contributed by atoms with van der Waals surface area (Å²) in [6.45, 7) is 4.61. The Morgan fingerprint density at radius 1 is 1.44 bits per heavy atom. The SMILES string of the molecule is CC(Cc1cc(C(F)(F)F)n(C(C)C)n1)C(=O)O. The maximum absolute atomic E-state index is 12.7. The van der Waals surface area contributed by atoms with Crippen molar-refractivity contribution in [2.75, 3.05) is 0 Å². The summed E-state index contributed by atoms with van der Waals surface area (Å²) >= 11 is 0. The van der Waals surface area contributed by atoms with E-state index < -0.39 is 29.8 Å². The monoisotopic (exact) mass is 264 g/mol. The van der Waals surface area contributed by atoms with Gasteiger partial charge >= 0.3 is 12.1 Å². The lowest BCUT2D eigenvalue weighted by atomic mass is 10.1. The second kappa shape index (κ2) is 4.99. The number of carboxylic acids is 1. The highest BCUT2D eigenvalue weighted by Gasteiger charge is 2.36. The van der Waals surface area contributed by atoms with E-state index in [4.69, 9.17) is 5.11 Å². The highest BCUT2D eigenvalue weighted by Crippen LogP contribution is 2.31. The van der Waals surface area contributed by atoms with Gasteiger partial charge in [0.1, 0.15) is 5.69 Å². The largest absolute Gasteiger partial charge is 0.481 e. The fraction of sp³-hybridized carbons (Fsp3) is 0.636. The van der Waals surface area contributed by atoms with Crippen LogP contribution in [0.3, 0.4) is 0 Å². The molecule has 0 aliphatic rings. The van der Waals surface area contributed by atoms with Gasteiger partial charge in [0, 0.05) is 12.5 Å². The summed E-state index contributed by atoms with van der Waals surface area (Å²) in [5.74, 6) is -1.82. The zero-order valence-corrected chi connectivity index (χ0v) is 10.3. The molecule has 0 fully saturated rings. The molecule has 0 spiro atoms. The van der Waals surface area contributed by atoms with E-state index in [1.165, 1.54) is 6.92 Å². The topological polar surface area (TPSA) is 55.1 Å². The molecule has 0 amide bonds. The van der Waals surface area contributed by atoms with Gasteiger partial charge in [-0.2, -0.15) is 18.3 Å². The smallest absolute Gasteiger partial charge is 0.433 e. The molecule has 102 valence electrons. The first-order valence-corrected chi connectivity index (χ1v) is 5.51. The Morgan fingerprint density at radius 3 is 2.33 bits per heavy atom. The van der Waals surface area contributed by atoms with Gasteiger partial charge in [-0.3, -0.25) is 9.48 Å². The van der Waals surface area contributed by atoms with Crippen LogP contribution < -0.4 is 0 Å². The van der Waals surface area contributed by atoms with E-state index in [0.29, 0.717) is 0 Å². The second-order valence-electron chi connectivity index (χ2n) is 4.50. The molecule has 0 aliphatic heterocycles. The van der Waals surface area contributed by atoms with Crippen molar-refractivity contribution in [3.8, 4) is 0 Å². The number of carboxylic acid groups (broad SMARTS) is 1. The third kappa shape index (κ3) is 3.24. The van der Waals surface area contributed by atoms with Gasteiger partial charge in [0.2, 0.25) is 0 Å². The molecule has 1 N–H and O–H groups in total. The van der Waals surface area contributed by atoms with E-state index >= 15 is 0 Å². The summed E-state index contributed by atoms with van der Waals surface area (Å²) in [6, 6.07) is 0.481. The van der Waals surface area contributed by atoms with Crippen molar-refractivity contribution in [2.24, 2.45) is 5.92 Å². The molecule has 0 radical (unpaired) electrons. The maximum atomic E-state index is 12.7. The highest BCUT2D eigenvalue weighted by molar-refractivity contribution is 5.69. The Kier molecular flexibility index (Phi) is 4.03. The van der Waals surface area contributed by atoms with Gasteiger partial charge in [0.25, 0.3) is 0 Å². The van der Waals surface area contributed by atoms with Crippen LogP contribution in [0.2, 0.25) is 0 Å². The maximum Gasteiger partial charge on any atom is 0.433 e. The minimum atomic E-state index is -4.48. The van der Waals surface area contributed by atoms with E-state index in [-0.39, 0.29) is 12.1 Å². The second-order valence-corrected chi connectivity index (χ2v) is 4.50. The normalized spacial score (nSPS) is 13.9. The number of halogens is 3. The number of rotatable bonds is 4. The van der Waals surface area contributed by atoms with Crippen molar-refractivity contribution in [2.45, 2.75) is 39.4 Å². The average molecular weight is 264 g/mol. The van der Waals surface area contributed by atoms with Crippen molar-refractivity contribution >= 4 is 5.97 Å². The summed E-state index contributed by atoms with van der Waals surface area (Å²) < 4.78 is 39.1. The highest BCUT2D eigenvalue weighted by atomic mass is 19.4. The lowest BCUT2D eigenvalue weighted by molar-refractivity contribution is -0.144. The molecule has 1 rings (SSSR count). The van der Waals surface area contributed by atoms with E-state index in [1.807, 2.05) is 0 Å². The van der Waals surface area contributed by atoms with Gasteiger partial charge in [-0.15, -0.1) is 0 Å². The predicted molar refractivity (Wildman–Crippen MR) is 58.1 cm³/mol. The number of aliphatic carboxylic acids is 1. The first-order chi connectivity index (χ1) is 8.12. The quantitative estimate of drug-likeness (QED) is 0.909. The molecule has 1 aromatic rings. The number of hydrogen-bond acceptors (Lipinski definition) is 2. The lowest BCUT2D eigenvalue weighted by Crippen LogP contribution is -2.16. The first-order valence-electron chi connectivity index (χ1n) is 5.51. The molecule has 7 heteroatoms. The molecule has 1 aromatic heterocycles. The zero-order chi connectivity index (χ0) is 14.1. The Bertz CT molecular complexity index is 438. The third-order valence-electron chi connectivity index (χ3n) is 2.50. The summed E-state index contributed by atoms with van der Waals surface area (Å²) in [5.41, 5.74) is -0.698. The molecule has 1 unspecified atom stereocenters. The van der Waals surface area contributed by atoms with Gasteiger partial charge in [-0.1, -0.05) is 6.92 Å². The number of aromatic nitrogens is 2. The van der Waals surface area contributed by atoms with Gasteiger partial charge in [0.15, 0.2) is 0 Å². The molecule has 18 heavy (non-hydrogen) atoms. The molecule has 4 nitrogen and oxygen atoms in total. The van der Waals surface area contributed by atoms with Gasteiger partial charge in [-0.25, -0.2) is 0 Å². The van der Waals surface area contributed by atoms with Crippen LogP contribution in [0.25, 0.3) is 0 Å². The Morgan fingerprint density at radius 2 is 2.00 bits per heavy atom.